The average Bonchev–Trinajstić information content (AvgIpc) is 2.94. The fourth-order valence-electron chi connectivity index (χ4n) is 3.86. The number of benzene rings is 2. The topological polar surface area (TPSA) is 32.3 Å². The highest BCUT2D eigenvalue weighted by Gasteiger charge is 2.19. The Hall–Kier alpha value is -2.13. The number of nitrogens with one attached hydrogen (secondary N) is 1. The van der Waals surface area contributed by atoms with Crippen molar-refractivity contribution in [1.82, 2.24) is 4.90 Å². The molecule has 26 heavy (non-hydrogen) atoms. The second-order valence-electron chi connectivity index (χ2n) is 7.43. The van der Waals surface area contributed by atoms with Gasteiger partial charge in [0, 0.05) is 11.7 Å². The van der Waals surface area contributed by atoms with Crippen LogP contribution in [-0.2, 0) is 11.2 Å². The van der Waals surface area contributed by atoms with Crippen molar-refractivity contribution in [2.24, 2.45) is 0 Å². The molecule has 1 saturated carbocycles. The summed E-state index contributed by atoms with van der Waals surface area (Å²) in [6.07, 6.45) is 8.51. The molecule has 138 valence electrons. The first-order valence-corrected chi connectivity index (χ1v) is 9.84. The summed E-state index contributed by atoms with van der Waals surface area (Å²) in [6, 6.07) is 19.0. The molecular formula is C23H30N2O. The second-order valence-corrected chi connectivity index (χ2v) is 7.43. The van der Waals surface area contributed by atoms with Crippen LogP contribution in [0.3, 0.4) is 0 Å². The molecule has 1 aliphatic carbocycles. The minimum absolute atomic E-state index is 0.0808. The summed E-state index contributed by atoms with van der Waals surface area (Å²) in [5.74, 6) is 0.0808. The quantitative estimate of drug-likeness (QED) is 0.754. The lowest BCUT2D eigenvalue weighted by Crippen LogP contribution is -2.37. The molecule has 0 radical (unpaired) electrons. The van der Waals surface area contributed by atoms with Gasteiger partial charge in [0.1, 0.15) is 0 Å². The number of carbonyl (C=O) groups is 1. The fourth-order valence-corrected chi connectivity index (χ4v) is 3.86. The predicted molar refractivity (Wildman–Crippen MR) is 108 cm³/mol. The van der Waals surface area contributed by atoms with Gasteiger partial charge >= 0.3 is 0 Å². The predicted octanol–water partition coefficient (Wildman–Crippen LogP) is 4.87. The Balaban J connectivity index is 1.60. The van der Waals surface area contributed by atoms with E-state index in [4.69, 9.17) is 0 Å². The van der Waals surface area contributed by atoms with Crippen molar-refractivity contribution < 1.29 is 4.79 Å². The van der Waals surface area contributed by atoms with Gasteiger partial charge in [-0.3, -0.25) is 9.69 Å². The lowest BCUT2D eigenvalue weighted by atomic mass is 10.0. The summed E-state index contributed by atoms with van der Waals surface area (Å²) in [6.45, 7) is 0.463. The number of anilines is 1. The van der Waals surface area contributed by atoms with Gasteiger partial charge in [-0.25, -0.2) is 0 Å². The third-order valence-corrected chi connectivity index (χ3v) is 5.37. The van der Waals surface area contributed by atoms with Gasteiger partial charge in [-0.05, 0) is 43.5 Å². The van der Waals surface area contributed by atoms with Crippen molar-refractivity contribution in [1.29, 1.82) is 0 Å². The van der Waals surface area contributed by atoms with Crippen molar-refractivity contribution >= 4 is 11.6 Å². The third kappa shape index (κ3) is 5.43. The molecule has 1 fully saturated rings. The number of amides is 1. The lowest BCUT2D eigenvalue weighted by Gasteiger charge is -2.26. The molecule has 0 saturated heterocycles. The minimum Gasteiger partial charge on any atom is -0.325 e. The summed E-state index contributed by atoms with van der Waals surface area (Å²) < 4.78 is 0. The zero-order chi connectivity index (χ0) is 18.2. The first-order chi connectivity index (χ1) is 12.7. The van der Waals surface area contributed by atoms with Crippen molar-refractivity contribution in [3.8, 4) is 0 Å². The maximum Gasteiger partial charge on any atom is 0.238 e. The molecule has 0 unspecified atom stereocenters. The highest BCUT2D eigenvalue weighted by molar-refractivity contribution is 5.93. The van der Waals surface area contributed by atoms with Crippen LogP contribution in [0, 0.1) is 0 Å². The molecule has 3 nitrogen and oxygen atoms in total. The van der Waals surface area contributed by atoms with Crippen LogP contribution in [0.25, 0.3) is 0 Å². The second kappa shape index (κ2) is 9.54. The molecule has 0 aromatic heterocycles. The van der Waals surface area contributed by atoms with E-state index in [2.05, 4.69) is 47.6 Å². The normalized spacial score (nSPS) is 15.6. The van der Waals surface area contributed by atoms with Crippen molar-refractivity contribution in [2.45, 2.75) is 51.0 Å². The Kier molecular flexibility index (Phi) is 6.84. The Morgan fingerprint density at radius 3 is 2.35 bits per heavy atom. The maximum absolute atomic E-state index is 12.6. The first kappa shape index (κ1) is 18.7. The Morgan fingerprint density at radius 1 is 0.962 bits per heavy atom. The molecule has 0 heterocycles. The molecule has 1 N–H and O–H groups in total. The van der Waals surface area contributed by atoms with E-state index in [0.29, 0.717) is 12.6 Å². The van der Waals surface area contributed by atoms with E-state index < -0.39 is 0 Å². The van der Waals surface area contributed by atoms with Crippen LogP contribution in [0.15, 0.2) is 54.6 Å². The summed E-state index contributed by atoms with van der Waals surface area (Å²) in [5.41, 5.74) is 3.34. The fraction of sp³-hybridized carbons (Fsp3) is 0.435. The number of hydrogen-bond donors (Lipinski definition) is 1. The highest BCUT2D eigenvalue weighted by Crippen LogP contribution is 2.22. The number of para-hydroxylation sites is 1. The maximum atomic E-state index is 12.6. The molecular weight excluding hydrogens is 320 g/mol. The zero-order valence-corrected chi connectivity index (χ0v) is 15.8. The van der Waals surface area contributed by atoms with Gasteiger partial charge in [-0.1, -0.05) is 74.2 Å². The molecule has 0 spiro atoms. The Morgan fingerprint density at radius 2 is 1.62 bits per heavy atom. The van der Waals surface area contributed by atoms with E-state index in [1.807, 2.05) is 24.3 Å². The Labute approximate surface area is 157 Å². The van der Waals surface area contributed by atoms with Gasteiger partial charge in [0.25, 0.3) is 0 Å². The molecule has 3 heteroatoms. The average molecular weight is 351 g/mol. The van der Waals surface area contributed by atoms with Crippen LogP contribution in [0.2, 0.25) is 0 Å². The molecule has 0 atom stereocenters. The number of rotatable bonds is 6. The van der Waals surface area contributed by atoms with Crippen LogP contribution in [0.1, 0.15) is 49.7 Å². The van der Waals surface area contributed by atoms with Crippen molar-refractivity contribution in [3.63, 3.8) is 0 Å². The third-order valence-electron chi connectivity index (χ3n) is 5.37. The van der Waals surface area contributed by atoms with Gasteiger partial charge in [-0.15, -0.1) is 0 Å². The zero-order valence-electron chi connectivity index (χ0n) is 15.8. The molecule has 2 aromatic carbocycles. The van der Waals surface area contributed by atoms with E-state index >= 15 is 0 Å². The number of nitrogens with zero attached hydrogens (tertiary/aromatic N) is 1. The molecule has 1 amide bonds. The van der Waals surface area contributed by atoms with Gasteiger partial charge in [0.15, 0.2) is 0 Å². The monoisotopic (exact) mass is 350 g/mol. The molecule has 1 aliphatic rings. The smallest absolute Gasteiger partial charge is 0.238 e. The van der Waals surface area contributed by atoms with Gasteiger partial charge in [0.05, 0.1) is 6.54 Å². The van der Waals surface area contributed by atoms with E-state index in [1.165, 1.54) is 44.1 Å². The first-order valence-electron chi connectivity index (χ1n) is 9.84. The molecule has 0 aliphatic heterocycles. The van der Waals surface area contributed by atoms with Crippen LogP contribution < -0.4 is 5.32 Å². The van der Waals surface area contributed by atoms with Crippen LogP contribution in [0.4, 0.5) is 5.69 Å². The Bertz CT molecular complexity index is 690. The van der Waals surface area contributed by atoms with E-state index in [0.717, 1.165) is 17.7 Å². The van der Waals surface area contributed by atoms with E-state index in [-0.39, 0.29) is 5.91 Å². The SMILES string of the molecule is CN(CC(=O)Nc1ccccc1Cc1ccccc1)C1CCCCCC1. The van der Waals surface area contributed by atoms with E-state index in [1.54, 1.807) is 0 Å². The van der Waals surface area contributed by atoms with Crippen LogP contribution in [-0.4, -0.2) is 30.4 Å². The van der Waals surface area contributed by atoms with Crippen molar-refractivity contribution in [2.75, 3.05) is 18.9 Å². The van der Waals surface area contributed by atoms with Crippen LogP contribution in [0.5, 0.6) is 0 Å². The largest absolute Gasteiger partial charge is 0.325 e. The number of carbonyl (C=O) groups excluding carboxylic acids is 1. The van der Waals surface area contributed by atoms with Gasteiger partial charge < -0.3 is 5.32 Å². The lowest BCUT2D eigenvalue weighted by molar-refractivity contribution is -0.117. The summed E-state index contributed by atoms with van der Waals surface area (Å²) in [7, 11) is 2.09. The molecule has 3 rings (SSSR count). The molecule has 0 bridgehead atoms. The van der Waals surface area contributed by atoms with E-state index in [9.17, 15) is 4.79 Å². The summed E-state index contributed by atoms with van der Waals surface area (Å²) >= 11 is 0. The summed E-state index contributed by atoms with van der Waals surface area (Å²) in [5, 5.41) is 3.14. The minimum atomic E-state index is 0.0808. The van der Waals surface area contributed by atoms with Crippen LogP contribution >= 0.6 is 0 Å². The number of likely N-dealkylation sites (N-methyl/N-ethyl adjacent to an activating group) is 1. The van der Waals surface area contributed by atoms with Gasteiger partial charge in [0.2, 0.25) is 5.91 Å². The van der Waals surface area contributed by atoms with Gasteiger partial charge in [-0.2, -0.15) is 0 Å². The standard InChI is InChI=1S/C23H30N2O/c1-25(21-14-7-2-3-8-15-21)18-23(26)24-22-16-10-9-13-20(22)17-19-11-5-4-6-12-19/h4-6,9-13,16,21H,2-3,7-8,14-15,17-18H2,1H3,(H,24,26). The molecule has 2 aromatic rings. The summed E-state index contributed by atoms with van der Waals surface area (Å²) in [4.78, 5) is 14.8. The highest BCUT2D eigenvalue weighted by atomic mass is 16.2. The number of hydrogen-bond acceptors (Lipinski definition) is 2. The van der Waals surface area contributed by atoms with Crippen molar-refractivity contribution in [3.05, 3.63) is 65.7 Å².